The maximum Gasteiger partial charge on any atom is 0.322 e. The smallest absolute Gasteiger partial charge is 0.322 e. The second kappa shape index (κ2) is 7.64. The van der Waals surface area contributed by atoms with Gasteiger partial charge in [0.25, 0.3) is 5.91 Å². The number of rotatable bonds is 5. The Bertz CT molecular complexity index is 999. The molecular formula is C20H19F2N3O3S. The molecule has 1 aliphatic heterocycles. The van der Waals surface area contributed by atoms with Gasteiger partial charge in [-0.25, -0.2) is 22.5 Å². The molecule has 1 heterocycles. The fourth-order valence-electron chi connectivity index (χ4n) is 4.03. The normalized spacial score (nSPS) is 24.6. The average Bonchev–Trinajstić information content (AvgIpc) is 3.24. The molecule has 3 amide bonds. The number of benzene rings is 2. The van der Waals surface area contributed by atoms with Gasteiger partial charge < -0.3 is 5.32 Å². The predicted octanol–water partition coefficient (Wildman–Crippen LogP) is 2.62. The fourth-order valence-corrected chi connectivity index (χ4v) is 4.93. The average molecular weight is 419 g/mol. The highest BCUT2D eigenvalue weighted by Crippen LogP contribution is 2.37. The zero-order valence-corrected chi connectivity index (χ0v) is 16.2. The molecular weight excluding hydrogens is 400 g/mol. The maximum atomic E-state index is 13.4. The number of hydrogen-bond acceptors (Lipinski definition) is 3. The summed E-state index contributed by atoms with van der Waals surface area (Å²) < 4.78 is 42.0. The van der Waals surface area contributed by atoms with Gasteiger partial charge in [-0.05, 0) is 48.2 Å². The molecule has 0 bridgehead atoms. The Morgan fingerprint density at radius 1 is 1.07 bits per heavy atom. The first-order valence-electron chi connectivity index (χ1n) is 9.23. The molecule has 9 heteroatoms. The molecule has 0 aromatic heterocycles. The molecule has 2 fully saturated rings. The van der Waals surface area contributed by atoms with Crippen LogP contribution in [0.25, 0.3) is 11.1 Å². The van der Waals surface area contributed by atoms with Crippen molar-refractivity contribution in [2.75, 3.05) is 6.54 Å². The third-order valence-electron chi connectivity index (χ3n) is 5.57. The topological polar surface area (TPSA) is 87.3 Å². The number of urea groups is 1. The van der Waals surface area contributed by atoms with E-state index in [2.05, 4.69) is 15.4 Å². The lowest BCUT2D eigenvalue weighted by Gasteiger charge is -2.28. The largest absolute Gasteiger partial charge is 0.323 e. The van der Waals surface area contributed by atoms with E-state index in [4.69, 9.17) is 0 Å². The monoisotopic (exact) mass is 419 g/mol. The summed E-state index contributed by atoms with van der Waals surface area (Å²) in [4.78, 5) is 24.3. The molecule has 1 spiro atoms. The molecule has 2 aliphatic rings. The summed E-state index contributed by atoms with van der Waals surface area (Å²) in [7, 11) is -1.52. The van der Waals surface area contributed by atoms with Gasteiger partial charge in [-0.3, -0.25) is 10.1 Å². The summed E-state index contributed by atoms with van der Waals surface area (Å²) in [5, 5.41) is 5.02. The Balaban J connectivity index is 1.42. The van der Waals surface area contributed by atoms with Crippen molar-refractivity contribution in [3.05, 3.63) is 54.1 Å². The van der Waals surface area contributed by atoms with Crippen LogP contribution >= 0.6 is 0 Å². The van der Waals surface area contributed by atoms with Crippen LogP contribution in [0.1, 0.15) is 19.3 Å². The Morgan fingerprint density at radius 3 is 2.45 bits per heavy atom. The number of hydrogen-bond donors (Lipinski definition) is 3. The van der Waals surface area contributed by atoms with E-state index in [1.165, 1.54) is 6.07 Å². The van der Waals surface area contributed by atoms with Crippen molar-refractivity contribution < 1.29 is 22.6 Å². The van der Waals surface area contributed by atoms with Gasteiger partial charge in [0.15, 0.2) is 11.6 Å². The number of halogens is 2. The minimum atomic E-state index is -1.52. The van der Waals surface area contributed by atoms with E-state index < -0.39 is 34.2 Å². The van der Waals surface area contributed by atoms with E-state index in [9.17, 15) is 22.6 Å². The van der Waals surface area contributed by atoms with Crippen LogP contribution in [0.5, 0.6) is 0 Å². The predicted molar refractivity (Wildman–Crippen MR) is 103 cm³/mol. The molecule has 1 saturated carbocycles. The van der Waals surface area contributed by atoms with Crippen LogP contribution in [0, 0.1) is 17.6 Å². The van der Waals surface area contributed by atoms with Crippen molar-refractivity contribution in [3.8, 4) is 11.1 Å². The summed E-state index contributed by atoms with van der Waals surface area (Å²) in [6.07, 6.45) is 2.11. The van der Waals surface area contributed by atoms with E-state index in [1.54, 1.807) is 24.3 Å². The van der Waals surface area contributed by atoms with Gasteiger partial charge in [0.1, 0.15) is 16.5 Å². The quantitative estimate of drug-likeness (QED) is 0.651. The van der Waals surface area contributed by atoms with Gasteiger partial charge in [0, 0.05) is 12.5 Å². The van der Waals surface area contributed by atoms with Gasteiger partial charge in [-0.2, -0.15) is 0 Å². The van der Waals surface area contributed by atoms with Gasteiger partial charge >= 0.3 is 6.03 Å². The number of amides is 3. The lowest BCUT2D eigenvalue weighted by Crippen LogP contribution is -2.52. The summed E-state index contributed by atoms with van der Waals surface area (Å²) in [5.41, 5.74) is 0.264. The van der Waals surface area contributed by atoms with Crippen molar-refractivity contribution in [1.29, 1.82) is 0 Å². The fraction of sp³-hybridized carbons (Fsp3) is 0.300. The van der Waals surface area contributed by atoms with Gasteiger partial charge in [0.2, 0.25) is 0 Å². The molecule has 2 aromatic rings. The second-order valence-corrected chi connectivity index (χ2v) is 8.54. The molecule has 1 aliphatic carbocycles. The number of carbonyl (C=O) groups is 2. The molecule has 3 atom stereocenters. The molecule has 6 nitrogen and oxygen atoms in total. The van der Waals surface area contributed by atoms with Crippen LogP contribution in [0.2, 0.25) is 0 Å². The van der Waals surface area contributed by atoms with E-state index in [0.29, 0.717) is 29.0 Å². The molecule has 0 radical (unpaired) electrons. The number of imide groups is 1. The Kier molecular flexibility index (Phi) is 5.18. The van der Waals surface area contributed by atoms with Crippen molar-refractivity contribution in [2.45, 2.75) is 29.7 Å². The summed E-state index contributed by atoms with van der Waals surface area (Å²) >= 11 is 0. The molecule has 1 saturated heterocycles. The molecule has 3 unspecified atom stereocenters. The van der Waals surface area contributed by atoms with Crippen LogP contribution in [-0.4, -0.2) is 28.2 Å². The van der Waals surface area contributed by atoms with Crippen LogP contribution in [0.4, 0.5) is 13.6 Å². The third-order valence-corrected chi connectivity index (χ3v) is 6.70. The summed E-state index contributed by atoms with van der Waals surface area (Å²) in [6.45, 7) is 0.311. The highest BCUT2D eigenvalue weighted by Gasteiger charge is 2.54. The van der Waals surface area contributed by atoms with Gasteiger partial charge in [-0.15, -0.1) is 0 Å². The maximum absolute atomic E-state index is 13.4. The minimum absolute atomic E-state index is 0.153. The standard InChI is InChI=1S/C20H19F2N3O3S/c21-16-8-5-13(10-17(16)22)12-3-6-15(7-4-12)29(28)23-11-14-2-1-9-20(14)18(26)24-19(27)25-20/h3-8,10,14,23H,1-2,9,11H2,(H2,24,25,26,27). The number of carbonyl (C=O) groups excluding carboxylic acids is 2. The summed E-state index contributed by atoms with van der Waals surface area (Å²) in [5.74, 6) is -2.31. The SMILES string of the molecule is O=C1NC(=O)C2(CCCC2CNS(=O)c2ccc(-c3ccc(F)c(F)c3)cc2)N1. The Hall–Kier alpha value is -2.65. The van der Waals surface area contributed by atoms with Crippen LogP contribution in [0.15, 0.2) is 47.4 Å². The Morgan fingerprint density at radius 2 is 1.79 bits per heavy atom. The summed E-state index contributed by atoms with van der Waals surface area (Å²) in [6, 6.07) is 9.82. The first-order chi connectivity index (χ1) is 13.9. The van der Waals surface area contributed by atoms with Crippen molar-refractivity contribution in [2.24, 2.45) is 5.92 Å². The van der Waals surface area contributed by atoms with Crippen LogP contribution in [-0.2, 0) is 15.8 Å². The van der Waals surface area contributed by atoms with E-state index in [1.807, 2.05) is 0 Å². The van der Waals surface area contributed by atoms with Gasteiger partial charge in [-0.1, -0.05) is 24.6 Å². The van der Waals surface area contributed by atoms with E-state index in [-0.39, 0.29) is 11.8 Å². The second-order valence-electron chi connectivity index (χ2n) is 7.24. The molecule has 29 heavy (non-hydrogen) atoms. The zero-order valence-electron chi connectivity index (χ0n) is 15.3. The highest BCUT2D eigenvalue weighted by molar-refractivity contribution is 7.83. The van der Waals surface area contributed by atoms with E-state index >= 15 is 0 Å². The van der Waals surface area contributed by atoms with Gasteiger partial charge in [0.05, 0.1) is 4.90 Å². The van der Waals surface area contributed by atoms with Crippen molar-refractivity contribution in [3.63, 3.8) is 0 Å². The third kappa shape index (κ3) is 3.67. The van der Waals surface area contributed by atoms with Crippen molar-refractivity contribution >= 4 is 22.9 Å². The lowest BCUT2D eigenvalue weighted by atomic mass is 9.87. The first kappa shape index (κ1) is 19.7. The molecule has 2 aromatic carbocycles. The molecule has 4 rings (SSSR count). The highest BCUT2D eigenvalue weighted by atomic mass is 32.2. The first-order valence-corrected chi connectivity index (χ1v) is 10.4. The molecule has 152 valence electrons. The minimum Gasteiger partial charge on any atom is -0.323 e. The molecule has 3 N–H and O–H groups in total. The zero-order chi connectivity index (χ0) is 20.6. The van der Waals surface area contributed by atoms with Crippen LogP contribution in [0.3, 0.4) is 0 Å². The van der Waals surface area contributed by atoms with Crippen LogP contribution < -0.4 is 15.4 Å². The van der Waals surface area contributed by atoms with E-state index in [0.717, 1.165) is 25.0 Å². The lowest BCUT2D eigenvalue weighted by molar-refractivity contribution is -0.125. The number of nitrogens with one attached hydrogen (secondary N) is 3. The van der Waals surface area contributed by atoms with Crippen molar-refractivity contribution in [1.82, 2.24) is 15.4 Å². The Labute approximate surface area is 168 Å².